The van der Waals surface area contributed by atoms with Crippen LogP contribution in [0.1, 0.15) is 26.7 Å². The van der Waals surface area contributed by atoms with Crippen LogP contribution in [0, 0.1) is 5.41 Å². The van der Waals surface area contributed by atoms with Crippen molar-refractivity contribution in [2.24, 2.45) is 11.1 Å². The second kappa shape index (κ2) is 6.30. The van der Waals surface area contributed by atoms with Crippen molar-refractivity contribution in [1.82, 2.24) is 0 Å². The van der Waals surface area contributed by atoms with E-state index >= 15 is 0 Å². The Hall–Kier alpha value is -1.82. The lowest BCUT2D eigenvalue weighted by atomic mass is 10.1. The van der Waals surface area contributed by atoms with Crippen molar-refractivity contribution in [1.29, 1.82) is 0 Å². The molecular weight excluding hydrogens is 288 g/mol. The quantitative estimate of drug-likeness (QED) is 0.757. The van der Waals surface area contributed by atoms with Gasteiger partial charge in [0.1, 0.15) is 11.5 Å². The van der Waals surface area contributed by atoms with Crippen LogP contribution in [-0.2, 0) is 4.79 Å². The predicted octanol–water partition coefficient (Wildman–Crippen LogP) is 2.49. The summed E-state index contributed by atoms with van der Waals surface area (Å²) in [5.41, 5.74) is 5.56. The average Bonchev–Trinajstić information content (AvgIpc) is 3.23. The Labute approximate surface area is 129 Å². The Morgan fingerprint density at radius 1 is 1.33 bits per heavy atom. The summed E-state index contributed by atoms with van der Waals surface area (Å²) in [5.74, 6) is 1.11. The topological polar surface area (TPSA) is 73.6 Å². The van der Waals surface area contributed by atoms with Crippen molar-refractivity contribution in [2.75, 3.05) is 18.5 Å². The van der Waals surface area contributed by atoms with E-state index in [1.54, 1.807) is 12.1 Å². The van der Waals surface area contributed by atoms with E-state index < -0.39 is 5.41 Å². The molecule has 2 rings (SSSR count). The first-order valence-corrected chi connectivity index (χ1v) is 7.45. The van der Waals surface area contributed by atoms with Crippen LogP contribution in [0.5, 0.6) is 11.5 Å². The molecule has 0 unspecified atom stereocenters. The fourth-order valence-corrected chi connectivity index (χ4v) is 2.39. The first-order valence-electron chi connectivity index (χ1n) is 7.04. The van der Waals surface area contributed by atoms with Gasteiger partial charge in [-0.3, -0.25) is 4.79 Å². The highest BCUT2D eigenvalue weighted by Crippen LogP contribution is 2.47. The molecule has 6 heteroatoms. The Morgan fingerprint density at radius 3 is 2.52 bits per heavy atom. The van der Waals surface area contributed by atoms with Gasteiger partial charge in [0.25, 0.3) is 0 Å². The van der Waals surface area contributed by atoms with Crippen LogP contribution < -0.4 is 20.5 Å². The molecule has 1 saturated carbocycles. The first-order chi connectivity index (χ1) is 10.0. The Balaban J connectivity index is 2.22. The van der Waals surface area contributed by atoms with Crippen LogP contribution in [0.2, 0.25) is 0 Å². The number of thiocarbonyl (C=S) groups is 1. The number of nitrogens with two attached hydrogens (primary N) is 1. The molecule has 21 heavy (non-hydrogen) atoms. The van der Waals surface area contributed by atoms with Crippen molar-refractivity contribution < 1.29 is 14.3 Å². The van der Waals surface area contributed by atoms with E-state index in [2.05, 4.69) is 5.32 Å². The monoisotopic (exact) mass is 308 g/mol. The van der Waals surface area contributed by atoms with Gasteiger partial charge in [0.2, 0.25) is 5.91 Å². The minimum Gasteiger partial charge on any atom is -0.494 e. The molecule has 0 spiro atoms. The predicted molar refractivity (Wildman–Crippen MR) is 85.9 cm³/mol. The van der Waals surface area contributed by atoms with Crippen molar-refractivity contribution in [3.63, 3.8) is 0 Å². The Bertz CT molecular complexity index is 556. The van der Waals surface area contributed by atoms with Crippen molar-refractivity contribution in [3.8, 4) is 11.5 Å². The second-order valence-electron chi connectivity index (χ2n) is 4.92. The third kappa shape index (κ3) is 3.26. The lowest BCUT2D eigenvalue weighted by Gasteiger charge is -2.17. The third-order valence-electron chi connectivity index (χ3n) is 3.47. The fraction of sp³-hybridized carbons (Fsp3) is 0.467. The minimum absolute atomic E-state index is 0.176. The summed E-state index contributed by atoms with van der Waals surface area (Å²) in [5, 5.41) is 2.87. The maximum atomic E-state index is 12.4. The van der Waals surface area contributed by atoms with Gasteiger partial charge < -0.3 is 20.5 Å². The largest absolute Gasteiger partial charge is 0.494 e. The molecule has 1 aromatic carbocycles. The van der Waals surface area contributed by atoms with Gasteiger partial charge in [0, 0.05) is 6.07 Å². The summed E-state index contributed by atoms with van der Waals surface area (Å²) >= 11 is 5.00. The van der Waals surface area contributed by atoms with Gasteiger partial charge in [0.05, 0.1) is 29.3 Å². The summed E-state index contributed by atoms with van der Waals surface area (Å²) in [7, 11) is 0. The maximum Gasteiger partial charge on any atom is 0.237 e. The number of amides is 1. The zero-order valence-corrected chi connectivity index (χ0v) is 13.1. The number of carbonyl (C=O) groups is 1. The molecule has 0 bridgehead atoms. The number of hydrogen-bond acceptors (Lipinski definition) is 4. The highest BCUT2D eigenvalue weighted by atomic mass is 32.1. The van der Waals surface area contributed by atoms with Gasteiger partial charge in [-0.2, -0.15) is 0 Å². The van der Waals surface area contributed by atoms with Gasteiger partial charge >= 0.3 is 0 Å². The lowest BCUT2D eigenvalue weighted by molar-refractivity contribution is -0.118. The molecule has 0 heterocycles. The summed E-state index contributed by atoms with van der Waals surface area (Å²) in [6.07, 6.45) is 1.40. The molecule has 0 saturated heterocycles. The van der Waals surface area contributed by atoms with Crippen LogP contribution in [0.15, 0.2) is 18.2 Å². The van der Waals surface area contributed by atoms with E-state index in [9.17, 15) is 4.79 Å². The fourth-order valence-electron chi connectivity index (χ4n) is 2.10. The molecule has 0 atom stereocenters. The zero-order chi connectivity index (χ0) is 15.5. The van der Waals surface area contributed by atoms with Crippen LogP contribution >= 0.6 is 12.2 Å². The highest BCUT2D eigenvalue weighted by Gasteiger charge is 2.52. The van der Waals surface area contributed by atoms with Gasteiger partial charge in [-0.1, -0.05) is 12.2 Å². The average molecular weight is 308 g/mol. The molecule has 3 N–H and O–H groups in total. The first kappa shape index (κ1) is 15.6. The standard InChI is InChI=1S/C15H20N2O3S/c1-3-19-10-5-6-12(20-4-2)11(9-10)17-14(18)15(7-8-15)13(16)21/h5-6,9H,3-4,7-8H2,1-2H3,(H2,16,21)(H,17,18). The molecule has 1 aromatic rings. The van der Waals surface area contributed by atoms with E-state index in [1.165, 1.54) is 0 Å². The number of anilines is 1. The lowest BCUT2D eigenvalue weighted by Crippen LogP contribution is -2.35. The molecular formula is C15H20N2O3S. The zero-order valence-electron chi connectivity index (χ0n) is 12.3. The number of benzene rings is 1. The maximum absolute atomic E-state index is 12.4. The molecule has 114 valence electrons. The number of carbonyl (C=O) groups excluding carboxylic acids is 1. The molecule has 0 aromatic heterocycles. The summed E-state index contributed by atoms with van der Waals surface area (Å²) in [6, 6.07) is 5.34. The van der Waals surface area contributed by atoms with Gasteiger partial charge in [-0.05, 0) is 38.8 Å². The number of nitrogens with one attached hydrogen (secondary N) is 1. The van der Waals surface area contributed by atoms with Gasteiger partial charge in [0.15, 0.2) is 0 Å². The SMILES string of the molecule is CCOc1ccc(OCC)c(NC(=O)C2(C(N)=S)CC2)c1. The van der Waals surface area contributed by atoms with Crippen LogP contribution in [-0.4, -0.2) is 24.1 Å². The van der Waals surface area contributed by atoms with Gasteiger partial charge in [-0.15, -0.1) is 0 Å². The van der Waals surface area contributed by atoms with Crippen molar-refractivity contribution in [3.05, 3.63) is 18.2 Å². The normalized spacial score (nSPS) is 15.1. The summed E-state index contributed by atoms with van der Waals surface area (Å²) < 4.78 is 11.0. The molecule has 5 nitrogen and oxygen atoms in total. The van der Waals surface area contributed by atoms with E-state index in [-0.39, 0.29) is 10.9 Å². The molecule has 1 amide bonds. The van der Waals surface area contributed by atoms with Crippen LogP contribution in [0.3, 0.4) is 0 Å². The van der Waals surface area contributed by atoms with Gasteiger partial charge in [-0.25, -0.2) is 0 Å². The summed E-state index contributed by atoms with van der Waals surface area (Å²) in [4.78, 5) is 12.6. The van der Waals surface area contributed by atoms with Crippen LogP contribution in [0.25, 0.3) is 0 Å². The smallest absolute Gasteiger partial charge is 0.237 e. The van der Waals surface area contributed by atoms with E-state index in [0.29, 0.717) is 43.2 Å². The Kier molecular flexibility index (Phi) is 4.67. The minimum atomic E-state index is -0.694. The third-order valence-corrected chi connectivity index (χ3v) is 3.86. The molecule has 1 fully saturated rings. The molecule has 1 aliphatic rings. The van der Waals surface area contributed by atoms with E-state index in [0.717, 1.165) is 0 Å². The molecule has 0 radical (unpaired) electrons. The highest BCUT2D eigenvalue weighted by molar-refractivity contribution is 7.80. The summed E-state index contributed by atoms with van der Waals surface area (Å²) in [6.45, 7) is 4.86. The van der Waals surface area contributed by atoms with E-state index in [4.69, 9.17) is 27.4 Å². The number of ether oxygens (including phenoxy) is 2. The van der Waals surface area contributed by atoms with Crippen molar-refractivity contribution >= 4 is 28.8 Å². The molecule has 1 aliphatic carbocycles. The molecule has 0 aliphatic heterocycles. The Morgan fingerprint density at radius 2 is 2.00 bits per heavy atom. The van der Waals surface area contributed by atoms with Crippen molar-refractivity contribution in [2.45, 2.75) is 26.7 Å². The second-order valence-corrected chi connectivity index (χ2v) is 5.36. The number of rotatable bonds is 7. The number of hydrogen-bond donors (Lipinski definition) is 2. The van der Waals surface area contributed by atoms with E-state index in [1.807, 2.05) is 19.9 Å². The van der Waals surface area contributed by atoms with Crippen LogP contribution in [0.4, 0.5) is 5.69 Å².